The first-order valence-electron chi connectivity index (χ1n) is 13.8. The van der Waals surface area contributed by atoms with Crippen molar-refractivity contribution < 1.29 is 43.5 Å². The summed E-state index contributed by atoms with van der Waals surface area (Å²) in [6.07, 6.45) is 0.244. The monoisotopic (exact) mass is 570 g/mol. The maximum absolute atomic E-state index is 13.9. The molecule has 2 aliphatic heterocycles. The third-order valence-corrected chi connectivity index (χ3v) is 7.87. The zero-order chi connectivity index (χ0) is 29.1. The van der Waals surface area contributed by atoms with Gasteiger partial charge < -0.3 is 39.7 Å². The number of hydrogen-bond acceptors (Lipinski definition) is 8. The fourth-order valence-electron chi connectivity index (χ4n) is 5.92. The van der Waals surface area contributed by atoms with E-state index in [4.69, 9.17) is 14.2 Å². The van der Waals surface area contributed by atoms with Crippen LogP contribution in [0.15, 0.2) is 48.0 Å². The SMILES string of the molecule is COc1cc(CO)cc2c1OC1C2C(C(=O)NCCO)=CC(N(CCc2cccc(F)c2)C(=O)C2CCCO2)C1O. The number of carbonyl (C=O) groups excluding carboxylic acids is 2. The molecule has 1 fully saturated rings. The Morgan fingerprint density at radius 1 is 1.20 bits per heavy atom. The van der Waals surface area contributed by atoms with E-state index in [1.165, 1.54) is 24.1 Å². The lowest BCUT2D eigenvalue weighted by Crippen LogP contribution is -2.57. The van der Waals surface area contributed by atoms with E-state index in [1.807, 2.05) is 0 Å². The van der Waals surface area contributed by atoms with Crippen LogP contribution in [0.4, 0.5) is 4.39 Å². The van der Waals surface area contributed by atoms with Crippen LogP contribution < -0.4 is 14.8 Å². The van der Waals surface area contributed by atoms with Gasteiger partial charge in [-0.15, -0.1) is 0 Å². The number of aliphatic hydroxyl groups is 3. The Bertz CT molecular complexity index is 1310. The van der Waals surface area contributed by atoms with Gasteiger partial charge in [-0.25, -0.2) is 4.39 Å². The smallest absolute Gasteiger partial charge is 0.252 e. The first-order chi connectivity index (χ1) is 19.9. The van der Waals surface area contributed by atoms with Crippen molar-refractivity contribution in [2.75, 3.05) is 33.4 Å². The molecule has 0 spiro atoms. The highest BCUT2D eigenvalue weighted by atomic mass is 19.1. The van der Waals surface area contributed by atoms with Gasteiger partial charge in [-0.1, -0.05) is 12.1 Å². The third kappa shape index (κ3) is 5.80. The average molecular weight is 571 g/mol. The number of benzene rings is 2. The number of fused-ring (bicyclic) bond motifs is 3. The van der Waals surface area contributed by atoms with Gasteiger partial charge in [0.15, 0.2) is 11.5 Å². The Kier molecular flexibility index (Phi) is 8.88. The quantitative estimate of drug-likeness (QED) is 0.335. The first kappa shape index (κ1) is 29.0. The van der Waals surface area contributed by atoms with Gasteiger partial charge in [-0.05, 0) is 60.7 Å². The van der Waals surface area contributed by atoms with Crippen LogP contribution >= 0.6 is 0 Å². The zero-order valence-corrected chi connectivity index (χ0v) is 22.8. The maximum atomic E-state index is 13.9. The van der Waals surface area contributed by atoms with E-state index in [9.17, 15) is 29.3 Å². The van der Waals surface area contributed by atoms with Crippen molar-refractivity contribution in [2.45, 2.75) is 56.1 Å². The van der Waals surface area contributed by atoms with E-state index >= 15 is 0 Å². The number of rotatable bonds is 10. The summed E-state index contributed by atoms with van der Waals surface area (Å²) >= 11 is 0. The summed E-state index contributed by atoms with van der Waals surface area (Å²) < 4.78 is 31.3. The molecule has 2 amide bonds. The molecule has 220 valence electrons. The van der Waals surface area contributed by atoms with E-state index in [0.29, 0.717) is 47.6 Å². The van der Waals surface area contributed by atoms with Crippen molar-refractivity contribution in [1.29, 1.82) is 0 Å². The van der Waals surface area contributed by atoms with Crippen LogP contribution in [0.1, 0.15) is 35.4 Å². The first-order valence-corrected chi connectivity index (χ1v) is 13.8. The van der Waals surface area contributed by atoms with Gasteiger partial charge in [-0.2, -0.15) is 0 Å². The molecule has 1 aliphatic carbocycles. The molecule has 0 radical (unpaired) electrons. The number of halogens is 1. The molecular formula is C30H35FN2O8. The topological polar surface area (TPSA) is 138 Å². The predicted octanol–water partition coefficient (Wildman–Crippen LogP) is 1.20. The zero-order valence-electron chi connectivity index (χ0n) is 22.8. The number of hydrogen-bond donors (Lipinski definition) is 4. The molecule has 0 bridgehead atoms. The highest BCUT2D eigenvalue weighted by Gasteiger charge is 2.52. The summed E-state index contributed by atoms with van der Waals surface area (Å²) in [5.74, 6) is -1.24. The molecule has 2 aromatic carbocycles. The van der Waals surface area contributed by atoms with Gasteiger partial charge >= 0.3 is 0 Å². The van der Waals surface area contributed by atoms with E-state index in [-0.39, 0.29) is 37.8 Å². The van der Waals surface area contributed by atoms with Crippen molar-refractivity contribution >= 4 is 11.8 Å². The molecular weight excluding hydrogens is 535 g/mol. The average Bonchev–Trinajstić information content (AvgIpc) is 3.65. The number of nitrogens with zero attached hydrogens (tertiary/aromatic N) is 1. The normalized spacial score (nSPS) is 24.6. The van der Waals surface area contributed by atoms with Crippen molar-refractivity contribution in [3.05, 3.63) is 70.6 Å². The summed E-state index contributed by atoms with van der Waals surface area (Å²) in [6.45, 7) is 0.0424. The molecule has 4 N–H and O–H groups in total. The van der Waals surface area contributed by atoms with Gasteiger partial charge in [0, 0.05) is 30.8 Å². The number of aliphatic hydroxyl groups excluding tert-OH is 3. The summed E-state index contributed by atoms with van der Waals surface area (Å²) in [6, 6.07) is 8.47. The molecule has 41 heavy (non-hydrogen) atoms. The van der Waals surface area contributed by atoms with Gasteiger partial charge in [0.05, 0.1) is 32.3 Å². The maximum Gasteiger partial charge on any atom is 0.252 e. The van der Waals surface area contributed by atoms with Gasteiger partial charge in [0.25, 0.3) is 5.91 Å². The van der Waals surface area contributed by atoms with Gasteiger partial charge in [0.1, 0.15) is 24.1 Å². The minimum absolute atomic E-state index is 0.00657. The molecule has 0 aromatic heterocycles. The van der Waals surface area contributed by atoms with Crippen molar-refractivity contribution in [3.63, 3.8) is 0 Å². The summed E-state index contributed by atoms with van der Waals surface area (Å²) in [7, 11) is 1.46. The van der Waals surface area contributed by atoms with Crippen LogP contribution in [0.25, 0.3) is 0 Å². The molecule has 11 heteroatoms. The lowest BCUT2D eigenvalue weighted by molar-refractivity contribution is -0.146. The molecule has 10 nitrogen and oxygen atoms in total. The fourth-order valence-corrected chi connectivity index (χ4v) is 5.92. The molecule has 3 aliphatic rings. The van der Waals surface area contributed by atoms with Crippen LogP contribution in [-0.4, -0.2) is 89.8 Å². The number of carbonyl (C=O) groups is 2. The Morgan fingerprint density at radius 3 is 2.71 bits per heavy atom. The number of nitrogens with one attached hydrogen (secondary N) is 1. The summed E-state index contributed by atoms with van der Waals surface area (Å²) in [5, 5.41) is 33.6. The van der Waals surface area contributed by atoms with Crippen molar-refractivity contribution in [2.24, 2.45) is 0 Å². The highest BCUT2D eigenvalue weighted by Crippen LogP contribution is 2.51. The van der Waals surface area contributed by atoms with E-state index in [1.54, 1.807) is 30.3 Å². The predicted molar refractivity (Wildman–Crippen MR) is 145 cm³/mol. The fraction of sp³-hybridized carbons (Fsp3) is 0.467. The molecule has 5 atom stereocenters. The van der Waals surface area contributed by atoms with Crippen molar-refractivity contribution in [1.82, 2.24) is 10.2 Å². The van der Waals surface area contributed by atoms with Crippen LogP contribution in [-0.2, 0) is 27.4 Å². The Labute approximate surface area is 237 Å². The van der Waals surface area contributed by atoms with Gasteiger partial charge in [0.2, 0.25) is 5.91 Å². The standard InChI is InChI=1S/C30H35FN2O8/c1-39-24-14-18(16-35)13-20-25-21(29(37)32-8-10-34)15-22(26(36)28(25)41-27(20)24)33(30(38)23-6-3-11-40-23)9-7-17-4-2-5-19(31)12-17/h2,4-5,12-15,22-23,25-26,28,34-36H,3,6-11,16H2,1H3,(H,32,37). The Hall–Kier alpha value is -3.51. The minimum Gasteiger partial charge on any atom is -0.493 e. The number of amides is 2. The Balaban J connectivity index is 1.55. The van der Waals surface area contributed by atoms with Crippen LogP contribution in [0.2, 0.25) is 0 Å². The van der Waals surface area contributed by atoms with E-state index in [2.05, 4.69) is 5.32 Å². The lowest BCUT2D eigenvalue weighted by Gasteiger charge is -2.41. The second kappa shape index (κ2) is 12.6. The highest BCUT2D eigenvalue weighted by molar-refractivity contribution is 5.96. The second-order valence-electron chi connectivity index (χ2n) is 10.4. The minimum atomic E-state index is -1.25. The molecule has 2 heterocycles. The largest absolute Gasteiger partial charge is 0.493 e. The molecule has 5 rings (SSSR count). The van der Waals surface area contributed by atoms with Crippen LogP contribution in [0.5, 0.6) is 11.5 Å². The Morgan fingerprint density at radius 2 is 2.02 bits per heavy atom. The molecule has 2 aromatic rings. The summed E-state index contributed by atoms with van der Waals surface area (Å²) in [4.78, 5) is 28.7. The van der Waals surface area contributed by atoms with E-state index < -0.39 is 42.0 Å². The third-order valence-electron chi connectivity index (χ3n) is 7.87. The second-order valence-corrected chi connectivity index (χ2v) is 10.4. The molecule has 0 saturated carbocycles. The van der Waals surface area contributed by atoms with Crippen molar-refractivity contribution in [3.8, 4) is 11.5 Å². The van der Waals surface area contributed by atoms with E-state index in [0.717, 1.165) is 6.42 Å². The van der Waals surface area contributed by atoms with Gasteiger partial charge in [-0.3, -0.25) is 9.59 Å². The van der Waals surface area contributed by atoms with Crippen LogP contribution in [0, 0.1) is 5.82 Å². The van der Waals surface area contributed by atoms with Crippen LogP contribution in [0.3, 0.4) is 0 Å². The molecule has 1 saturated heterocycles. The number of methoxy groups -OCH3 is 1. The lowest BCUT2D eigenvalue weighted by atomic mass is 9.77. The number of ether oxygens (including phenoxy) is 3. The molecule has 5 unspecified atom stereocenters. The summed E-state index contributed by atoms with van der Waals surface area (Å²) in [5.41, 5.74) is 2.04.